The van der Waals surface area contributed by atoms with Gasteiger partial charge in [-0.2, -0.15) is 10.2 Å². The largest absolute Gasteiger partial charge is 0.338 e. The first-order valence-corrected chi connectivity index (χ1v) is 14.3. The molecule has 10 nitrogen and oxygen atoms in total. The summed E-state index contributed by atoms with van der Waals surface area (Å²) in [4.78, 5) is 37.2. The summed E-state index contributed by atoms with van der Waals surface area (Å²) in [6.45, 7) is 3.66. The number of amides is 2. The molecule has 1 N–H and O–H groups in total. The number of hydrogen-bond acceptors (Lipinski definition) is 6. The Morgan fingerprint density at radius 1 is 1.10 bits per heavy atom. The highest BCUT2D eigenvalue weighted by atomic mass is 16.2. The van der Waals surface area contributed by atoms with Gasteiger partial charge in [-0.1, -0.05) is 30.3 Å². The van der Waals surface area contributed by atoms with Crippen LogP contribution >= 0.6 is 0 Å². The van der Waals surface area contributed by atoms with Crippen LogP contribution in [-0.4, -0.2) is 85.8 Å². The van der Waals surface area contributed by atoms with Crippen LogP contribution in [0, 0.1) is 17.8 Å². The normalized spacial score (nSPS) is 21.0. The van der Waals surface area contributed by atoms with Gasteiger partial charge in [0.2, 0.25) is 11.8 Å². The number of H-pyrrole nitrogens is 1. The molecule has 4 aromatic rings. The molecule has 2 aromatic carbocycles. The van der Waals surface area contributed by atoms with Crippen LogP contribution < -0.4 is 4.90 Å². The van der Waals surface area contributed by atoms with Gasteiger partial charge in [-0.25, -0.2) is 4.98 Å². The number of nitrogens with one attached hydrogen (secondary N) is 1. The van der Waals surface area contributed by atoms with Crippen molar-refractivity contribution < 1.29 is 9.59 Å². The molecular weight excluding hydrogens is 528 g/mol. The molecule has 2 aromatic heterocycles. The number of aryl methyl sites for hydroxylation is 1. The summed E-state index contributed by atoms with van der Waals surface area (Å²) < 4.78 is 1.69. The van der Waals surface area contributed by atoms with Crippen LogP contribution in [0.2, 0.25) is 0 Å². The maximum atomic E-state index is 13.7. The van der Waals surface area contributed by atoms with E-state index in [2.05, 4.69) is 49.3 Å². The maximum absolute atomic E-state index is 13.7. The predicted molar refractivity (Wildman–Crippen MR) is 160 cm³/mol. The van der Waals surface area contributed by atoms with Gasteiger partial charge in [0.15, 0.2) is 5.82 Å². The Bertz CT molecular complexity index is 1760. The lowest BCUT2D eigenvalue weighted by Gasteiger charge is -2.29. The lowest BCUT2D eigenvalue weighted by molar-refractivity contribution is -0.132. The summed E-state index contributed by atoms with van der Waals surface area (Å²) in [6.07, 6.45) is 11.8. The maximum Gasteiger partial charge on any atom is 0.237 e. The van der Waals surface area contributed by atoms with Crippen LogP contribution in [0.4, 0.5) is 5.69 Å². The summed E-state index contributed by atoms with van der Waals surface area (Å²) in [6, 6.07) is 14.1. The Morgan fingerprint density at radius 2 is 1.90 bits per heavy atom. The molecule has 2 amide bonds. The Labute approximate surface area is 244 Å². The Kier molecular flexibility index (Phi) is 6.39. The molecule has 3 aliphatic heterocycles. The van der Waals surface area contributed by atoms with E-state index in [0.29, 0.717) is 44.2 Å². The van der Waals surface area contributed by atoms with Crippen LogP contribution in [0.5, 0.6) is 0 Å². The molecular formula is C32H32N8O2. The molecule has 0 saturated carbocycles. The van der Waals surface area contributed by atoms with Gasteiger partial charge in [0.1, 0.15) is 12.0 Å². The van der Waals surface area contributed by atoms with Crippen molar-refractivity contribution in [1.29, 1.82) is 0 Å². The van der Waals surface area contributed by atoms with Gasteiger partial charge in [0.05, 0.1) is 17.5 Å². The van der Waals surface area contributed by atoms with Gasteiger partial charge in [-0.05, 0) is 61.1 Å². The molecule has 0 unspecified atom stereocenters. The first kappa shape index (κ1) is 26.2. The van der Waals surface area contributed by atoms with Gasteiger partial charge in [-0.3, -0.25) is 24.3 Å². The van der Waals surface area contributed by atoms with E-state index in [9.17, 15) is 9.59 Å². The molecule has 3 aliphatic rings. The second-order valence-electron chi connectivity index (χ2n) is 11.5. The minimum Gasteiger partial charge on any atom is -0.338 e. The number of hydrogen-bond donors (Lipinski definition) is 1. The molecule has 42 heavy (non-hydrogen) atoms. The fourth-order valence-corrected chi connectivity index (χ4v) is 6.57. The van der Waals surface area contributed by atoms with Gasteiger partial charge in [-0.15, -0.1) is 6.42 Å². The van der Waals surface area contributed by atoms with Crippen molar-refractivity contribution in [2.75, 3.05) is 44.2 Å². The molecule has 2 fully saturated rings. The summed E-state index contributed by atoms with van der Waals surface area (Å²) in [5, 5.41) is 12.3. The van der Waals surface area contributed by atoms with Gasteiger partial charge >= 0.3 is 0 Å². The van der Waals surface area contributed by atoms with Crippen molar-refractivity contribution in [3.63, 3.8) is 0 Å². The van der Waals surface area contributed by atoms with Crippen molar-refractivity contribution in [3.05, 3.63) is 66.1 Å². The molecule has 2 saturated heterocycles. The third kappa shape index (κ3) is 4.56. The average molecular weight is 561 g/mol. The number of nitrogens with zero attached hydrogens (tertiary/aromatic N) is 7. The van der Waals surface area contributed by atoms with E-state index in [1.165, 1.54) is 5.57 Å². The van der Waals surface area contributed by atoms with Crippen LogP contribution in [-0.2, 0) is 16.6 Å². The number of anilines is 1. The van der Waals surface area contributed by atoms with Crippen LogP contribution in [0.3, 0.4) is 0 Å². The number of terminal acetylenes is 1. The third-order valence-electron chi connectivity index (χ3n) is 8.97. The average Bonchev–Trinajstić information content (AvgIpc) is 3.81. The standard InChI is InChI=1S/C32H32N8O2/c1-3-27-26-18-25(8-9-28(26)35-34-27)40-17-13-32(31(40)42)12-16-38(20-32)19-29(41)39-14-10-23(11-15-39)22-4-6-24(7-5-22)30-33-21-37(2)36-30/h1,4-10,18,21H,11-17,19-20H2,2H3,(H,34,35)/t32-/m0/s1. The topological polar surface area (TPSA) is 103 Å². The second-order valence-corrected chi connectivity index (χ2v) is 11.5. The summed E-state index contributed by atoms with van der Waals surface area (Å²) in [5.41, 5.74) is 5.21. The van der Waals surface area contributed by atoms with E-state index in [1.807, 2.05) is 47.2 Å². The molecule has 5 heterocycles. The molecule has 0 bridgehead atoms. The number of rotatable bonds is 5. The number of carbonyl (C=O) groups is 2. The Balaban J connectivity index is 0.958. The summed E-state index contributed by atoms with van der Waals surface area (Å²) in [5.74, 6) is 3.57. The smallest absolute Gasteiger partial charge is 0.237 e. The van der Waals surface area contributed by atoms with E-state index < -0.39 is 5.41 Å². The zero-order valence-electron chi connectivity index (χ0n) is 23.6. The van der Waals surface area contributed by atoms with Gasteiger partial charge in [0.25, 0.3) is 0 Å². The predicted octanol–water partition coefficient (Wildman–Crippen LogP) is 3.08. The summed E-state index contributed by atoms with van der Waals surface area (Å²) >= 11 is 0. The number of likely N-dealkylation sites (tertiary alicyclic amines) is 1. The SMILES string of the molecule is C#Cc1n[nH]c2ccc(N3CC[C@]4(CCN(CC(=O)N5CC=C(c6ccc(-c7ncn(C)n7)cc6)CC5)C4)C3=O)cc12. The van der Waals surface area contributed by atoms with Gasteiger partial charge < -0.3 is 9.80 Å². The van der Waals surface area contributed by atoms with Gasteiger partial charge in [0, 0.05) is 49.9 Å². The lowest BCUT2D eigenvalue weighted by Crippen LogP contribution is -2.43. The Hall–Kier alpha value is -4.75. The molecule has 212 valence electrons. The van der Waals surface area contributed by atoms with Crippen molar-refractivity contribution in [2.45, 2.75) is 19.3 Å². The van der Waals surface area contributed by atoms with E-state index in [1.54, 1.807) is 11.0 Å². The van der Waals surface area contributed by atoms with Crippen molar-refractivity contribution >= 4 is 34.0 Å². The lowest BCUT2D eigenvalue weighted by atomic mass is 9.85. The van der Waals surface area contributed by atoms with Crippen molar-refractivity contribution in [1.82, 2.24) is 34.8 Å². The van der Waals surface area contributed by atoms with Crippen LogP contribution in [0.15, 0.2) is 54.9 Å². The van der Waals surface area contributed by atoms with Crippen molar-refractivity contribution in [2.24, 2.45) is 12.5 Å². The monoisotopic (exact) mass is 560 g/mol. The number of aromatic amines is 1. The van der Waals surface area contributed by atoms with Crippen molar-refractivity contribution in [3.8, 4) is 23.7 Å². The highest BCUT2D eigenvalue weighted by molar-refractivity contribution is 6.02. The Morgan fingerprint density at radius 3 is 2.64 bits per heavy atom. The molecule has 1 spiro atoms. The zero-order valence-corrected chi connectivity index (χ0v) is 23.6. The number of fused-ring (bicyclic) bond motifs is 1. The fourth-order valence-electron chi connectivity index (χ4n) is 6.57. The summed E-state index contributed by atoms with van der Waals surface area (Å²) in [7, 11) is 1.86. The minimum atomic E-state index is -0.438. The zero-order chi connectivity index (χ0) is 28.8. The second kappa shape index (κ2) is 10.3. The quantitative estimate of drug-likeness (QED) is 0.377. The minimum absolute atomic E-state index is 0.119. The first-order valence-electron chi connectivity index (χ1n) is 14.3. The highest BCUT2D eigenvalue weighted by Gasteiger charge is 2.51. The number of aromatic nitrogens is 5. The fraction of sp³-hybridized carbons (Fsp3) is 0.344. The van der Waals surface area contributed by atoms with Crippen LogP contribution in [0.25, 0.3) is 27.9 Å². The third-order valence-corrected chi connectivity index (χ3v) is 8.97. The number of carbonyl (C=O) groups excluding carboxylic acids is 2. The van der Waals surface area contributed by atoms with E-state index >= 15 is 0 Å². The van der Waals surface area contributed by atoms with Crippen LogP contribution in [0.1, 0.15) is 30.5 Å². The molecule has 10 heteroatoms. The molecule has 7 rings (SSSR count). The van der Waals surface area contributed by atoms with E-state index in [0.717, 1.165) is 53.5 Å². The molecule has 0 aliphatic carbocycles. The molecule has 0 radical (unpaired) electrons. The van der Waals surface area contributed by atoms with E-state index in [4.69, 9.17) is 6.42 Å². The van der Waals surface area contributed by atoms with E-state index in [-0.39, 0.29) is 11.8 Å². The number of benzene rings is 2. The molecule has 1 atom stereocenters. The first-order chi connectivity index (χ1) is 20.4. The highest BCUT2D eigenvalue weighted by Crippen LogP contribution is 2.42.